The summed E-state index contributed by atoms with van der Waals surface area (Å²) in [4.78, 5) is 3.97. The number of aromatic nitrogens is 1. The van der Waals surface area contributed by atoms with E-state index in [1.165, 1.54) is 0 Å². The molecule has 0 fully saturated rings. The number of hydrogen-bond donors (Lipinski definition) is 2. The summed E-state index contributed by atoms with van der Waals surface area (Å²) in [5.74, 6) is 0. The first-order valence-electron chi connectivity index (χ1n) is 6.22. The van der Waals surface area contributed by atoms with Gasteiger partial charge >= 0.3 is 0 Å². The molecular weight excluding hydrogens is 260 g/mol. The zero-order valence-corrected chi connectivity index (χ0v) is 11.5. The van der Waals surface area contributed by atoms with Gasteiger partial charge in [-0.25, -0.2) is 0 Å². The van der Waals surface area contributed by atoms with E-state index in [0.29, 0.717) is 11.6 Å². The van der Waals surface area contributed by atoms with E-state index in [2.05, 4.69) is 10.3 Å². The largest absolute Gasteiger partial charge is 0.387 e. The maximum Gasteiger partial charge on any atom is 0.0940 e. The quantitative estimate of drug-likeness (QED) is 0.883. The molecule has 0 aliphatic rings. The zero-order valence-electron chi connectivity index (χ0n) is 10.8. The van der Waals surface area contributed by atoms with Crippen molar-refractivity contribution in [1.29, 1.82) is 0 Å². The molecule has 1 heterocycles. The summed E-state index contributed by atoms with van der Waals surface area (Å²) in [6.07, 6.45) is 2.97. The predicted molar refractivity (Wildman–Crippen MR) is 77.0 cm³/mol. The third kappa shape index (κ3) is 4.03. The van der Waals surface area contributed by atoms with Gasteiger partial charge in [0.1, 0.15) is 0 Å². The van der Waals surface area contributed by atoms with Crippen LogP contribution in [0.3, 0.4) is 0 Å². The van der Waals surface area contributed by atoms with Crippen molar-refractivity contribution in [2.75, 3.05) is 0 Å². The van der Waals surface area contributed by atoms with Gasteiger partial charge in [0.05, 0.1) is 6.10 Å². The van der Waals surface area contributed by atoms with Crippen LogP contribution in [0.5, 0.6) is 0 Å². The van der Waals surface area contributed by atoms with Crippen LogP contribution in [0, 0.1) is 0 Å². The minimum absolute atomic E-state index is 0.0469. The van der Waals surface area contributed by atoms with Gasteiger partial charge in [-0.2, -0.15) is 0 Å². The average Bonchev–Trinajstić information content (AvgIpc) is 2.46. The third-order valence-corrected chi connectivity index (χ3v) is 3.31. The summed E-state index contributed by atoms with van der Waals surface area (Å²) in [5.41, 5.74) is 2.00. The average molecular weight is 277 g/mol. The highest BCUT2D eigenvalue weighted by molar-refractivity contribution is 6.30. The van der Waals surface area contributed by atoms with Crippen molar-refractivity contribution >= 4 is 11.6 Å². The van der Waals surface area contributed by atoms with Gasteiger partial charge in [-0.15, -0.1) is 0 Å². The Bertz CT molecular complexity index is 501. The minimum Gasteiger partial charge on any atom is -0.387 e. The Labute approximate surface area is 118 Å². The summed E-state index contributed by atoms with van der Waals surface area (Å²) in [7, 11) is 0. The number of aliphatic hydroxyl groups is 1. The third-order valence-electron chi connectivity index (χ3n) is 3.06. The molecule has 1 aromatic carbocycles. The number of aliphatic hydroxyl groups excluding tert-OH is 1. The topological polar surface area (TPSA) is 45.2 Å². The van der Waals surface area contributed by atoms with Crippen LogP contribution in [0.1, 0.15) is 24.2 Å². The van der Waals surface area contributed by atoms with Gasteiger partial charge in [-0.05, 0) is 42.3 Å². The fraction of sp³-hybridized carbons (Fsp3) is 0.267. The van der Waals surface area contributed by atoms with E-state index in [-0.39, 0.29) is 6.04 Å². The molecule has 0 amide bonds. The monoisotopic (exact) mass is 276 g/mol. The van der Waals surface area contributed by atoms with E-state index in [1.807, 2.05) is 31.2 Å². The first kappa shape index (κ1) is 14.0. The molecule has 2 rings (SSSR count). The molecule has 3 nitrogen and oxygen atoms in total. The van der Waals surface area contributed by atoms with E-state index < -0.39 is 6.10 Å². The summed E-state index contributed by atoms with van der Waals surface area (Å²) in [5, 5.41) is 14.2. The van der Waals surface area contributed by atoms with Gasteiger partial charge < -0.3 is 10.4 Å². The molecule has 0 spiro atoms. The van der Waals surface area contributed by atoms with Crippen molar-refractivity contribution in [3.63, 3.8) is 0 Å². The van der Waals surface area contributed by atoms with Crippen molar-refractivity contribution in [2.24, 2.45) is 0 Å². The number of nitrogens with zero attached hydrogens (tertiary/aromatic N) is 1. The molecule has 0 aliphatic heterocycles. The number of hydrogen-bond acceptors (Lipinski definition) is 3. The highest BCUT2D eigenvalue weighted by atomic mass is 35.5. The van der Waals surface area contributed by atoms with E-state index in [0.717, 1.165) is 11.1 Å². The second kappa shape index (κ2) is 6.66. The molecular formula is C15H17ClN2O. The smallest absolute Gasteiger partial charge is 0.0940 e. The molecule has 4 heteroatoms. The molecule has 2 N–H and O–H groups in total. The Hall–Kier alpha value is -1.42. The van der Waals surface area contributed by atoms with Crippen LogP contribution in [-0.2, 0) is 6.54 Å². The standard InChI is InChI=1S/C15H17ClN2O/c1-11(18-10-12-6-8-17-9-7-12)15(19)13-2-4-14(16)5-3-13/h2-9,11,15,18-19H,10H2,1H3. The second-order valence-corrected chi connectivity index (χ2v) is 4.96. The van der Waals surface area contributed by atoms with Crippen LogP contribution >= 0.6 is 11.6 Å². The van der Waals surface area contributed by atoms with Crippen LogP contribution < -0.4 is 5.32 Å². The Kier molecular flexibility index (Phi) is 4.91. The zero-order chi connectivity index (χ0) is 13.7. The lowest BCUT2D eigenvalue weighted by molar-refractivity contribution is 0.135. The first-order valence-corrected chi connectivity index (χ1v) is 6.60. The molecule has 1 aromatic heterocycles. The first-order chi connectivity index (χ1) is 9.16. The molecule has 2 atom stereocenters. The van der Waals surface area contributed by atoms with Gasteiger partial charge in [-0.1, -0.05) is 23.7 Å². The van der Waals surface area contributed by atoms with Crippen LogP contribution in [0.15, 0.2) is 48.8 Å². The predicted octanol–water partition coefficient (Wildman–Crippen LogP) is 2.95. The minimum atomic E-state index is -0.556. The maximum absolute atomic E-state index is 10.2. The van der Waals surface area contributed by atoms with Crippen LogP contribution in [0.25, 0.3) is 0 Å². The molecule has 0 bridgehead atoms. The van der Waals surface area contributed by atoms with Crippen molar-refractivity contribution in [3.05, 3.63) is 64.9 Å². The Balaban J connectivity index is 1.92. The summed E-state index contributed by atoms with van der Waals surface area (Å²) in [6.45, 7) is 2.66. The summed E-state index contributed by atoms with van der Waals surface area (Å²) >= 11 is 5.83. The fourth-order valence-electron chi connectivity index (χ4n) is 1.84. The van der Waals surface area contributed by atoms with E-state index in [1.54, 1.807) is 24.5 Å². The molecule has 100 valence electrons. The fourth-order valence-corrected chi connectivity index (χ4v) is 1.97. The van der Waals surface area contributed by atoms with Crippen molar-refractivity contribution in [1.82, 2.24) is 10.3 Å². The molecule has 2 aromatic rings. The summed E-state index contributed by atoms with van der Waals surface area (Å²) < 4.78 is 0. The van der Waals surface area contributed by atoms with Crippen LogP contribution in [0.2, 0.25) is 5.02 Å². The second-order valence-electron chi connectivity index (χ2n) is 4.52. The lowest BCUT2D eigenvalue weighted by Crippen LogP contribution is -2.31. The van der Waals surface area contributed by atoms with E-state index >= 15 is 0 Å². The van der Waals surface area contributed by atoms with Gasteiger partial charge in [0.2, 0.25) is 0 Å². The number of rotatable bonds is 5. The normalized spacial score (nSPS) is 14.1. The molecule has 0 aliphatic carbocycles. The van der Waals surface area contributed by atoms with Gasteiger partial charge in [-0.3, -0.25) is 4.98 Å². The van der Waals surface area contributed by atoms with Crippen molar-refractivity contribution in [2.45, 2.75) is 25.6 Å². The molecule has 0 saturated carbocycles. The lowest BCUT2D eigenvalue weighted by atomic mass is 10.0. The highest BCUT2D eigenvalue weighted by Crippen LogP contribution is 2.19. The highest BCUT2D eigenvalue weighted by Gasteiger charge is 2.15. The van der Waals surface area contributed by atoms with Crippen molar-refractivity contribution < 1.29 is 5.11 Å². The Morgan fingerprint density at radius 1 is 1.16 bits per heavy atom. The molecule has 19 heavy (non-hydrogen) atoms. The molecule has 2 unspecified atom stereocenters. The molecule has 0 radical (unpaired) electrons. The van der Waals surface area contributed by atoms with Gasteiger partial charge in [0, 0.05) is 30.0 Å². The summed E-state index contributed by atoms with van der Waals surface area (Å²) in [6, 6.07) is 11.1. The Morgan fingerprint density at radius 2 is 1.79 bits per heavy atom. The van der Waals surface area contributed by atoms with E-state index in [4.69, 9.17) is 11.6 Å². The number of nitrogens with one attached hydrogen (secondary N) is 1. The number of pyridine rings is 1. The van der Waals surface area contributed by atoms with Crippen LogP contribution in [-0.4, -0.2) is 16.1 Å². The lowest BCUT2D eigenvalue weighted by Gasteiger charge is -2.20. The van der Waals surface area contributed by atoms with Crippen LogP contribution in [0.4, 0.5) is 0 Å². The van der Waals surface area contributed by atoms with Crippen molar-refractivity contribution in [3.8, 4) is 0 Å². The SMILES string of the molecule is CC(NCc1ccncc1)C(O)c1ccc(Cl)cc1. The van der Waals surface area contributed by atoms with E-state index in [9.17, 15) is 5.11 Å². The molecule has 0 saturated heterocycles. The Morgan fingerprint density at radius 3 is 2.42 bits per heavy atom. The number of halogens is 1. The van der Waals surface area contributed by atoms with Gasteiger partial charge in [0.15, 0.2) is 0 Å². The van der Waals surface area contributed by atoms with Gasteiger partial charge in [0.25, 0.3) is 0 Å². The number of benzene rings is 1. The maximum atomic E-state index is 10.2.